The summed E-state index contributed by atoms with van der Waals surface area (Å²) in [6.07, 6.45) is 3.39. The maximum Gasteiger partial charge on any atom is 0.133 e. The zero-order chi connectivity index (χ0) is 15.0. The minimum atomic E-state index is -0.462. The summed E-state index contributed by atoms with van der Waals surface area (Å²) in [5.41, 5.74) is 2.59. The third-order valence-electron chi connectivity index (χ3n) is 3.29. The molecule has 21 heavy (non-hydrogen) atoms. The first-order valence-electron chi connectivity index (χ1n) is 6.60. The molecule has 4 nitrogen and oxygen atoms in total. The summed E-state index contributed by atoms with van der Waals surface area (Å²) >= 11 is 0. The fourth-order valence-electron chi connectivity index (χ4n) is 2.39. The van der Waals surface area contributed by atoms with E-state index in [9.17, 15) is 5.11 Å². The van der Waals surface area contributed by atoms with Gasteiger partial charge < -0.3 is 9.84 Å². The van der Waals surface area contributed by atoms with Crippen LogP contribution in [0.5, 0.6) is 11.5 Å². The number of fused-ring (bicyclic) bond motifs is 1. The van der Waals surface area contributed by atoms with Crippen LogP contribution in [0.3, 0.4) is 0 Å². The Morgan fingerprint density at radius 1 is 1.24 bits per heavy atom. The number of hydrogen-bond acceptors (Lipinski definition) is 4. The van der Waals surface area contributed by atoms with Gasteiger partial charge in [0.15, 0.2) is 0 Å². The molecule has 0 spiro atoms. The lowest BCUT2D eigenvalue weighted by molar-refractivity contribution is 0.158. The van der Waals surface area contributed by atoms with Crippen molar-refractivity contribution in [3.05, 3.63) is 59.4 Å². The van der Waals surface area contributed by atoms with E-state index in [1.54, 1.807) is 24.3 Å². The van der Waals surface area contributed by atoms with Crippen molar-refractivity contribution in [2.75, 3.05) is 0 Å². The van der Waals surface area contributed by atoms with Crippen molar-refractivity contribution >= 4 is 5.57 Å². The van der Waals surface area contributed by atoms with Crippen LogP contribution in [0.25, 0.3) is 5.57 Å². The van der Waals surface area contributed by atoms with Crippen LogP contribution in [0.15, 0.2) is 42.6 Å². The Bertz CT molecular complexity index is 768. The van der Waals surface area contributed by atoms with Crippen molar-refractivity contribution in [3.63, 3.8) is 0 Å². The molecule has 0 aliphatic carbocycles. The molecule has 0 unspecified atom stereocenters. The summed E-state index contributed by atoms with van der Waals surface area (Å²) in [5, 5.41) is 18.5. The van der Waals surface area contributed by atoms with Gasteiger partial charge in [0.05, 0.1) is 23.5 Å². The fraction of sp³-hybridized carbons (Fsp3) is 0.176. The van der Waals surface area contributed by atoms with Crippen molar-refractivity contribution in [1.29, 1.82) is 5.26 Å². The van der Waals surface area contributed by atoms with Crippen LogP contribution < -0.4 is 4.74 Å². The van der Waals surface area contributed by atoms with Crippen molar-refractivity contribution in [3.8, 4) is 17.6 Å². The molecule has 2 aromatic rings. The highest BCUT2D eigenvalue weighted by Crippen LogP contribution is 2.39. The highest BCUT2D eigenvalue weighted by atomic mass is 16.5. The van der Waals surface area contributed by atoms with Crippen molar-refractivity contribution in [2.45, 2.75) is 19.4 Å². The normalized spacial score (nSPS) is 15.4. The molecule has 1 aliphatic rings. The summed E-state index contributed by atoms with van der Waals surface area (Å²) in [7, 11) is 0. The lowest BCUT2D eigenvalue weighted by Gasteiger charge is -2.31. The smallest absolute Gasteiger partial charge is 0.133 e. The van der Waals surface area contributed by atoms with E-state index in [0.717, 1.165) is 22.6 Å². The van der Waals surface area contributed by atoms with Crippen LogP contribution in [-0.2, 0) is 0 Å². The molecule has 0 fully saturated rings. The van der Waals surface area contributed by atoms with Gasteiger partial charge in [-0.15, -0.1) is 0 Å². The number of ether oxygens (including phenoxy) is 1. The molecule has 0 atom stereocenters. The fourth-order valence-corrected chi connectivity index (χ4v) is 2.39. The molecule has 0 bridgehead atoms. The van der Waals surface area contributed by atoms with Gasteiger partial charge in [0.1, 0.15) is 17.1 Å². The quantitative estimate of drug-likeness (QED) is 0.869. The highest BCUT2D eigenvalue weighted by Gasteiger charge is 2.27. The Morgan fingerprint density at radius 2 is 2.05 bits per heavy atom. The van der Waals surface area contributed by atoms with E-state index in [2.05, 4.69) is 11.1 Å². The molecular formula is C17H14N2O2. The Kier molecular flexibility index (Phi) is 2.91. The first-order valence-corrected chi connectivity index (χ1v) is 6.60. The van der Waals surface area contributed by atoms with Gasteiger partial charge in [-0.05, 0) is 50.3 Å². The van der Waals surface area contributed by atoms with Gasteiger partial charge in [-0.3, -0.25) is 4.98 Å². The van der Waals surface area contributed by atoms with E-state index in [-0.39, 0.29) is 5.75 Å². The van der Waals surface area contributed by atoms with Crippen LogP contribution in [-0.4, -0.2) is 15.7 Å². The van der Waals surface area contributed by atoms with Crippen LogP contribution >= 0.6 is 0 Å². The molecule has 0 radical (unpaired) electrons. The molecular weight excluding hydrogens is 264 g/mol. The molecule has 1 aromatic heterocycles. The predicted octanol–water partition coefficient (Wildman–Crippen LogP) is 3.26. The van der Waals surface area contributed by atoms with Gasteiger partial charge in [-0.1, -0.05) is 0 Å². The monoisotopic (exact) mass is 278 g/mol. The molecule has 3 rings (SSSR count). The van der Waals surface area contributed by atoms with E-state index < -0.39 is 5.60 Å². The van der Waals surface area contributed by atoms with Crippen molar-refractivity contribution in [1.82, 2.24) is 4.98 Å². The number of rotatable bonds is 1. The number of nitrogens with zero attached hydrogens (tertiary/aromatic N) is 2. The molecule has 0 amide bonds. The van der Waals surface area contributed by atoms with E-state index in [1.165, 1.54) is 6.20 Å². The Hall–Kier alpha value is -2.80. The van der Waals surface area contributed by atoms with E-state index in [1.807, 2.05) is 26.0 Å². The lowest BCUT2D eigenvalue weighted by atomic mass is 9.91. The molecule has 0 saturated heterocycles. The van der Waals surface area contributed by atoms with E-state index in [4.69, 9.17) is 10.00 Å². The second kappa shape index (κ2) is 4.64. The zero-order valence-corrected chi connectivity index (χ0v) is 11.8. The van der Waals surface area contributed by atoms with Crippen molar-refractivity contribution < 1.29 is 9.84 Å². The summed E-state index contributed by atoms with van der Waals surface area (Å²) in [5.74, 6) is 0.850. The van der Waals surface area contributed by atoms with Gasteiger partial charge in [-0.2, -0.15) is 5.26 Å². The second-order valence-corrected chi connectivity index (χ2v) is 5.49. The summed E-state index contributed by atoms with van der Waals surface area (Å²) in [4.78, 5) is 4.27. The summed E-state index contributed by atoms with van der Waals surface area (Å²) in [6, 6.07) is 10.8. The van der Waals surface area contributed by atoms with E-state index in [0.29, 0.717) is 5.56 Å². The number of aromatic hydroxyl groups is 1. The van der Waals surface area contributed by atoms with Gasteiger partial charge in [-0.25, -0.2) is 0 Å². The van der Waals surface area contributed by atoms with Crippen LogP contribution in [0, 0.1) is 11.3 Å². The predicted molar refractivity (Wildman–Crippen MR) is 78.8 cm³/mol. The first kappa shape index (κ1) is 13.2. The lowest BCUT2D eigenvalue weighted by Crippen LogP contribution is -2.29. The maximum absolute atomic E-state index is 9.39. The average Bonchev–Trinajstić information content (AvgIpc) is 2.46. The molecule has 0 saturated carbocycles. The highest BCUT2D eigenvalue weighted by molar-refractivity contribution is 5.83. The molecule has 104 valence electrons. The van der Waals surface area contributed by atoms with E-state index >= 15 is 0 Å². The minimum Gasteiger partial charge on any atom is -0.506 e. The average molecular weight is 278 g/mol. The molecule has 1 aliphatic heterocycles. The molecule has 4 heteroatoms. The molecule has 1 N–H and O–H groups in total. The van der Waals surface area contributed by atoms with Gasteiger partial charge >= 0.3 is 0 Å². The van der Waals surface area contributed by atoms with Crippen LogP contribution in [0.2, 0.25) is 0 Å². The second-order valence-electron chi connectivity index (χ2n) is 5.49. The first-order chi connectivity index (χ1) is 9.98. The summed E-state index contributed by atoms with van der Waals surface area (Å²) in [6.45, 7) is 3.93. The molecule has 1 aromatic carbocycles. The Labute approximate surface area is 123 Å². The third-order valence-corrected chi connectivity index (χ3v) is 3.29. The number of nitriles is 1. The zero-order valence-electron chi connectivity index (χ0n) is 11.8. The number of benzene rings is 1. The van der Waals surface area contributed by atoms with Crippen LogP contribution in [0.1, 0.15) is 30.7 Å². The number of hydrogen-bond donors (Lipinski definition) is 1. The number of aromatic nitrogens is 1. The topological polar surface area (TPSA) is 66.1 Å². The minimum absolute atomic E-state index is 0.122. The Morgan fingerprint density at radius 3 is 2.71 bits per heavy atom. The molecule has 2 heterocycles. The van der Waals surface area contributed by atoms with Gasteiger partial charge in [0, 0.05) is 11.1 Å². The third kappa shape index (κ3) is 2.46. The largest absolute Gasteiger partial charge is 0.506 e. The summed E-state index contributed by atoms with van der Waals surface area (Å²) < 4.78 is 5.93. The number of pyridine rings is 1. The Balaban J connectivity index is 2.20. The maximum atomic E-state index is 9.39. The SMILES string of the molecule is CC1(C)C=C(c2ccc(O)cn2)c2cc(C#N)ccc2O1. The van der Waals surface area contributed by atoms with Gasteiger partial charge in [0.2, 0.25) is 0 Å². The standard InChI is InChI=1S/C17H14N2O2/c1-17(2)8-14(15-5-4-12(20)10-19-15)13-7-11(9-18)3-6-16(13)21-17/h3-8,10,20H,1-2H3. The van der Waals surface area contributed by atoms with Gasteiger partial charge in [0.25, 0.3) is 0 Å². The van der Waals surface area contributed by atoms with Crippen molar-refractivity contribution in [2.24, 2.45) is 0 Å². The van der Waals surface area contributed by atoms with Crippen LogP contribution in [0.4, 0.5) is 0 Å².